The maximum atomic E-state index is 6.29. The van der Waals surface area contributed by atoms with Crippen LogP contribution in [0.2, 0.25) is 0 Å². The Kier molecular flexibility index (Phi) is 3.36. The van der Waals surface area contributed by atoms with Crippen LogP contribution in [0.3, 0.4) is 0 Å². The molecule has 1 aliphatic rings. The van der Waals surface area contributed by atoms with Gasteiger partial charge < -0.3 is 10.5 Å². The first kappa shape index (κ1) is 11.0. The molecule has 1 rings (SSSR count). The Balaban J connectivity index is 2.33. The van der Waals surface area contributed by atoms with Gasteiger partial charge in [-0.1, -0.05) is 20.8 Å². The topological polar surface area (TPSA) is 35.2 Å². The van der Waals surface area contributed by atoms with Gasteiger partial charge in [0.25, 0.3) is 0 Å². The highest BCUT2D eigenvalue weighted by Gasteiger charge is 2.29. The van der Waals surface area contributed by atoms with Crippen LogP contribution in [0.1, 0.15) is 46.5 Å². The van der Waals surface area contributed by atoms with Crippen molar-refractivity contribution in [1.29, 1.82) is 0 Å². The number of ether oxygens (including phenoxy) is 1. The minimum absolute atomic E-state index is 0.0610. The van der Waals surface area contributed by atoms with Gasteiger partial charge >= 0.3 is 0 Å². The molecule has 13 heavy (non-hydrogen) atoms. The first-order valence-electron chi connectivity index (χ1n) is 5.28. The van der Waals surface area contributed by atoms with Crippen molar-refractivity contribution in [2.24, 2.45) is 11.1 Å². The standard InChI is InChI=1S/C11H23NO/c1-10(2,3)4-5-11(12)6-8-13-9-7-11/h4-9,12H2,1-3H3. The monoisotopic (exact) mass is 185 g/mol. The molecule has 0 saturated carbocycles. The van der Waals surface area contributed by atoms with Crippen molar-refractivity contribution in [1.82, 2.24) is 0 Å². The highest BCUT2D eigenvalue weighted by atomic mass is 16.5. The van der Waals surface area contributed by atoms with Crippen LogP contribution in [-0.2, 0) is 4.74 Å². The molecular formula is C11H23NO. The number of hydrogen-bond donors (Lipinski definition) is 1. The van der Waals surface area contributed by atoms with Crippen LogP contribution in [0.25, 0.3) is 0 Å². The van der Waals surface area contributed by atoms with E-state index >= 15 is 0 Å². The van der Waals surface area contributed by atoms with Gasteiger partial charge in [0.05, 0.1) is 0 Å². The van der Waals surface area contributed by atoms with Gasteiger partial charge in [-0.15, -0.1) is 0 Å². The van der Waals surface area contributed by atoms with E-state index in [4.69, 9.17) is 10.5 Å². The zero-order valence-electron chi connectivity index (χ0n) is 9.23. The molecule has 2 N–H and O–H groups in total. The molecule has 0 unspecified atom stereocenters. The SMILES string of the molecule is CC(C)(C)CCC1(N)CCOCC1. The average Bonchev–Trinajstić information content (AvgIpc) is 2.02. The van der Waals surface area contributed by atoms with Gasteiger partial charge in [-0.25, -0.2) is 0 Å². The van der Waals surface area contributed by atoms with Crippen molar-refractivity contribution in [3.05, 3.63) is 0 Å². The molecule has 0 spiro atoms. The summed E-state index contributed by atoms with van der Waals surface area (Å²) in [6, 6.07) is 0. The molecule has 2 nitrogen and oxygen atoms in total. The van der Waals surface area contributed by atoms with Crippen molar-refractivity contribution in [3.63, 3.8) is 0 Å². The van der Waals surface area contributed by atoms with Gasteiger partial charge in [0.15, 0.2) is 0 Å². The average molecular weight is 185 g/mol. The molecule has 0 amide bonds. The van der Waals surface area contributed by atoms with Gasteiger partial charge in [-0.05, 0) is 31.1 Å². The lowest BCUT2D eigenvalue weighted by Crippen LogP contribution is -2.45. The molecule has 0 aromatic carbocycles. The zero-order valence-corrected chi connectivity index (χ0v) is 9.23. The van der Waals surface area contributed by atoms with Crippen molar-refractivity contribution >= 4 is 0 Å². The van der Waals surface area contributed by atoms with E-state index in [1.165, 1.54) is 6.42 Å². The summed E-state index contributed by atoms with van der Waals surface area (Å²) in [4.78, 5) is 0. The van der Waals surface area contributed by atoms with Gasteiger partial charge in [0.1, 0.15) is 0 Å². The molecule has 78 valence electrons. The van der Waals surface area contributed by atoms with Crippen LogP contribution in [0, 0.1) is 5.41 Å². The van der Waals surface area contributed by atoms with Crippen LogP contribution in [0.15, 0.2) is 0 Å². The Labute approximate surface area is 81.8 Å². The lowest BCUT2D eigenvalue weighted by Gasteiger charge is -2.35. The van der Waals surface area contributed by atoms with Gasteiger partial charge in [0.2, 0.25) is 0 Å². The smallest absolute Gasteiger partial charge is 0.0483 e. The Hall–Kier alpha value is -0.0800. The first-order chi connectivity index (χ1) is 5.91. The molecule has 0 atom stereocenters. The second kappa shape index (κ2) is 3.97. The lowest BCUT2D eigenvalue weighted by molar-refractivity contribution is 0.0461. The van der Waals surface area contributed by atoms with Crippen LogP contribution < -0.4 is 5.73 Å². The Bertz CT molecular complexity index is 154. The molecule has 1 saturated heterocycles. The van der Waals surface area contributed by atoms with E-state index in [1.807, 2.05) is 0 Å². The fraction of sp³-hybridized carbons (Fsp3) is 1.00. The van der Waals surface area contributed by atoms with E-state index < -0.39 is 0 Å². The van der Waals surface area contributed by atoms with Crippen LogP contribution in [0.4, 0.5) is 0 Å². The van der Waals surface area contributed by atoms with Gasteiger partial charge in [-0.2, -0.15) is 0 Å². The van der Waals surface area contributed by atoms with Crippen molar-refractivity contribution < 1.29 is 4.74 Å². The highest BCUT2D eigenvalue weighted by Crippen LogP contribution is 2.29. The summed E-state index contributed by atoms with van der Waals surface area (Å²) in [6.07, 6.45) is 4.41. The van der Waals surface area contributed by atoms with E-state index in [-0.39, 0.29) is 5.54 Å². The van der Waals surface area contributed by atoms with Gasteiger partial charge in [0, 0.05) is 18.8 Å². The maximum absolute atomic E-state index is 6.29. The van der Waals surface area contributed by atoms with E-state index in [0.717, 1.165) is 32.5 Å². The van der Waals surface area contributed by atoms with Crippen LogP contribution in [-0.4, -0.2) is 18.8 Å². The summed E-state index contributed by atoms with van der Waals surface area (Å²) in [5, 5.41) is 0. The summed E-state index contributed by atoms with van der Waals surface area (Å²) in [5.41, 5.74) is 6.75. The van der Waals surface area contributed by atoms with Crippen molar-refractivity contribution in [2.45, 2.75) is 52.0 Å². The van der Waals surface area contributed by atoms with Crippen LogP contribution >= 0.6 is 0 Å². The molecule has 0 aliphatic carbocycles. The fourth-order valence-corrected chi connectivity index (χ4v) is 1.65. The molecule has 0 aromatic heterocycles. The summed E-state index contributed by atoms with van der Waals surface area (Å²) < 4.78 is 5.32. The molecule has 0 radical (unpaired) electrons. The number of nitrogens with two attached hydrogens (primary N) is 1. The number of rotatable bonds is 2. The third kappa shape index (κ3) is 4.10. The minimum atomic E-state index is 0.0610. The van der Waals surface area contributed by atoms with E-state index in [1.54, 1.807) is 0 Å². The second-order valence-electron chi connectivity index (χ2n) is 5.54. The summed E-state index contributed by atoms with van der Waals surface area (Å²) in [5.74, 6) is 0. The first-order valence-corrected chi connectivity index (χ1v) is 5.28. The molecule has 0 aromatic rings. The van der Waals surface area contributed by atoms with E-state index in [2.05, 4.69) is 20.8 Å². The largest absolute Gasteiger partial charge is 0.381 e. The van der Waals surface area contributed by atoms with Gasteiger partial charge in [-0.3, -0.25) is 0 Å². The second-order valence-corrected chi connectivity index (χ2v) is 5.54. The van der Waals surface area contributed by atoms with Crippen molar-refractivity contribution in [2.75, 3.05) is 13.2 Å². The van der Waals surface area contributed by atoms with E-state index in [0.29, 0.717) is 5.41 Å². The third-order valence-electron chi connectivity index (χ3n) is 2.86. The highest BCUT2D eigenvalue weighted by molar-refractivity contribution is 4.87. The minimum Gasteiger partial charge on any atom is -0.381 e. The Morgan fingerprint density at radius 3 is 2.23 bits per heavy atom. The fourth-order valence-electron chi connectivity index (χ4n) is 1.65. The maximum Gasteiger partial charge on any atom is 0.0483 e. The predicted molar refractivity (Wildman–Crippen MR) is 55.7 cm³/mol. The normalized spacial score (nSPS) is 23.1. The Morgan fingerprint density at radius 1 is 1.23 bits per heavy atom. The molecule has 2 heteroatoms. The number of hydrogen-bond acceptors (Lipinski definition) is 2. The van der Waals surface area contributed by atoms with E-state index in [9.17, 15) is 0 Å². The summed E-state index contributed by atoms with van der Waals surface area (Å²) >= 11 is 0. The molecule has 1 aliphatic heterocycles. The molecule has 1 fully saturated rings. The molecular weight excluding hydrogens is 162 g/mol. The molecule has 1 heterocycles. The Morgan fingerprint density at radius 2 is 1.77 bits per heavy atom. The lowest BCUT2D eigenvalue weighted by atomic mass is 9.80. The van der Waals surface area contributed by atoms with Crippen molar-refractivity contribution in [3.8, 4) is 0 Å². The summed E-state index contributed by atoms with van der Waals surface area (Å²) in [7, 11) is 0. The predicted octanol–water partition coefficient (Wildman–Crippen LogP) is 2.32. The van der Waals surface area contributed by atoms with Crippen LogP contribution in [0.5, 0.6) is 0 Å². The summed E-state index contributed by atoms with van der Waals surface area (Å²) in [6.45, 7) is 8.52. The zero-order chi connectivity index (χ0) is 9.95. The third-order valence-corrected chi connectivity index (χ3v) is 2.86. The quantitative estimate of drug-likeness (QED) is 0.716. The molecule has 0 bridgehead atoms.